The summed E-state index contributed by atoms with van der Waals surface area (Å²) in [5.74, 6) is 0.727. The second-order valence-electron chi connectivity index (χ2n) is 5.62. The zero-order valence-electron chi connectivity index (χ0n) is 14.3. The zero-order chi connectivity index (χ0) is 18.8. The molecule has 2 rings (SSSR count). The normalized spacial score (nSPS) is 11.6. The number of carbonyl (C=O) groups excluding carboxylic acids is 1. The highest BCUT2D eigenvalue weighted by Gasteiger charge is 2.06. The average Bonchev–Trinajstić information content (AvgIpc) is 2.62. The van der Waals surface area contributed by atoms with Gasteiger partial charge < -0.3 is 5.32 Å². The Morgan fingerprint density at radius 1 is 1.08 bits per heavy atom. The summed E-state index contributed by atoms with van der Waals surface area (Å²) >= 11 is 1.60. The van der Waals surface area contributed by atoms with Crippen molar-refractivity contribution in [1.82, 2.24) is 5.32 Å². The fraction of sp³-hybridized carbons (Fsp3) is 0.211. The number of thioether (sulfide) groups is 1. The average molecular weight is 391 g/mol. The predicted octanol–water partition coefficient (Wildman–Crippen LogP) is 2.79. The van der Waals surface area contributed by atoms with Gasteiger partial charge >= 0.3 is 0 Å². The Labute approximate surface area is 158 Å². The number of nitrogens with two attached hydrogens (primary N) is 1. The maximum Gasteiger partial charge on any atom is 0.238 e. The van der Waals surface area contributed by atoms with Crippen molar-refractivity contribution >= 4 is 33.8 Å². The Morgan fingerprint density at radius 2 is 1.77 bits per heavy atom. The largest absolute Gasteiger partial charge is 0.356 e. The van der Waals surface area contributed by atoms with Crippen molar-refractivity contribution in [3.8, 4) is 0 Å². The van der Waals surface area contributed by atoms with Crippen LogP contribution < -0.4 is 10.5 Å². The Hall–Kier alpha value is -2.09. The number of hydrogen-bond acceptors (Lipinski definition) is 4. The first kappa shape index (κ1) is 20.2. The summed E-state index contributed by atoms with van der Waals surface area (Å²) in [4.78, 5) is 11.9. The van der Waals surface area contributed by atoms with E-state index in [1.165, 1.54) is 12.1 Å². The highest BCUT2D eigenvalue weighted by atomic mass is 32.2. The molecule has 0 aliphatic heterocycles. The van der Waals surface area contributed by atoms with Gasteiger partial charge in [0.1, 0.15) is 0 Å². The van der Waals surface area contributed by atoms with E-state index in [1.54, 1.807) is 23.9 Å². The number of hydrogen-bond donors (Lipinski definition) is 2. The van der Waals surface area contributed by atoms with Crippen LogP contribution in [0.3, 0.4) is 0 Å². The van der Waals surface area contributed by atoms with Crippen LogP contribution in [0.5, 0.6) is 0 Å². The molecule has 0 unspecified atom stereocenters. The standard InChI is InChI=1S/C19H22N2O3S2/c20-26(23,24)18-8-6-17(7-9-18)10-13-21-19(22)12-15-25-14-11-16-4-2-1-3-5-16/h1-9,11,14H,10,12-13,15H2,(H,21,22)(H2,20,23,24). The van der Waals surface area contributed by atoms with E-state index < -0.39 is 10.0 Å². The van der Waals surface area contributed by atoms with Crippen molar-refractivity contribution in [2.45, 2.75) is 17.7 Å². The van der Waals surface area contributed by atoms with Crippen LogP contribution in [0.1, 0.15) is 17.5 Å². The summed E-state index contributed by atoms with van der Waals surface area (Å²) in [7, 11) is -3.66. The minimum absolute atomic E-state index is 0.00627. The van der Waals surface area contributed by atoms with Crippen molar-refractivity contribution in [3.05, 3.63) is 71.1 Å². The molecule has 138 valence electrons. The number of carbonyl (C=O) groups is 1. The van der Waals surface area contributed by atoms with Gasteiger partial charge in [0.2, 0.25) is 15.9 Å². The molecule has 0 radical (unpaired) electrons. The van der Waals surface area contributed by atoms with Gasteiger partial charge in [-0.3, -0.25) is 4.79 Å². The van der Waals surface area contributed by atoms with E-state index in [0.29, 0.717) is 19.4 Å². The number of amides is 1. The van der Waals surface area contributed by atoms with Gasteiger partial charge in [-0.1, -0.05) is 42.5 Å². The van der Waals surface area contributed by atoms with Gasteiger partial charge in [-0.25, -0.2) is 13.6 Å². The molecule has 0 aliphatic carbocycles. The molecule has 0 saturated carbocycles. The highest BCUT2D eigenvalue weighted by Crippen LogP contribution is 2.10. The maximum atomic E-state index is 11.8. The molecule has 0 atom stereocenters. The highest BCUT2D eigenvalue weighted by molar-refractivity contribution is 8.02. The molecule has 5 nitrogen and oxygen atoms in total. The molecule has 0 spiro atoms. The lowest BCUT2D eigenvalue weighted by atomic mass is 10.1. The van der Waals surface area contributed by atoms with E-state index in [2.05, 4.69) is 5.32 Å². The molecule has 7 heteroatoms. The van der Waals surface area contributed by atoms with E-state index in [1.807, 2.05) is 41.8 Å². The molecule has 3 N–H and O–H groups in total. The predicted molar refractivity (Wildman–Crippen MR) is 107 cm³/mol. The molecule has 26 heavy (non-hydrogen) atoms. The van der Waals surface area contributed by atoms with Gasteiger partial charge in [-0.15, -0.1) is 11.8 Å². The van der Waals surface area contributed by atoms with Crippen LogP contribution in [0.4, 0.5) is 0 Å². The molecular weight excluding hydrogens is 368 g/mol. The van der Waals surface area contributed by atoms with Crippen LogP contribution in [0, 0.1) is 0 Å². The fourth-order valence-electron chi connectivity index (χ4n) is 2.19. The lowest BCUT2D eigenvalue weighted by Crippen LogP contribution is -2.25. The van der Waals surface area contributed by atoms with Gasteiger partial charge in [0.15, 0.2) is 0 Å². The van der Waals surface area contributed by atoms with E-state index in [4.69, 9.17) is 5.14 Å². The van der Waals surface area contributed by atoms with Gasteiger partial charge in [0.05, 0.1) is 4.90 Å². The minimum Gasteiger partial charge on any atom is -0.356 e. The van der Waals surface area contributed by atoms with Crippen LogP contribution >= 0.6 is 11.8 Å². The van der Waals surface area contributed by atoms with Crippen LogP contribution in [0.2, 0.25) is 0 Å². The summed E-state index contributed by atoms with van der Waals surface area (Å²) in [5.41, 5.74) is 2.08. The quantitative estimate of drug-likeness (QED) is 0.644. The monoisotopic (exact) mass is 390 g/mol. The summed E-state index contributed by atoms with van der Waals surface area (Å²) < 4.78 is 22.4. The first-order valence-electron chi connectivity index (χ1n) is 8.17. The molecule has 0 heterocycles. The second-order valence-corrected chi connectivity index (χ2v) is 8.20. The molecule has 1 amide bonds. The molecule has 2 aromatic carbocycles. The lowest BCUT2D eigenvalue weighted by Gasteiger charge is -2.05. The first-order valence-corrected chi connectivity index (χ1v) is 10.8. The van der Waals surface area contributed by atoms with E-state index in [-0.39, 0.29) is 10.8 Å². The summed E-state index contributed by atoms with van der Waals surface area (Å²) in [6.07, 6.45) is 3.11. The third kappa shape index (κ3) is 7.43. The minimum atomic E-state index is -3.66. The smallest absolute Gasteiger partial charge is 0.238 e. The van der Waals surface area contributed by atoms with Gasteiger partial charge in [-0.05, 0) is 41.2 Å². The van der Waals surface area contributed by atoms with Crippen molar-refractivity contribution in [2.24, 2.45) is 5.14 Å². The Morgan fingerprint density at radius 3 is 2.42 bits per heavy atom. The third-order valence-corrected chi connectivity index (χ3v) is 5.29. The van der Waals surface area contributed by atoms with Crippen molar-refractivity contribution in [3.63, 3.8) is 0 Å². The van der Waals surface area contributed by atoms with Crippen molar-refractivity contribution in [2.75, 3.05) is 12.3 Å². The van der Waals surface area contributed by atoms with Gasteiger partial charge in [0.25, 0.3) is 0 Å². The lowest BCUT2D eigenvalue weighted by molar-refractivity contribution is -0.120. The summed E-state index contributed by atoms with van der Waals surface area (Å²) in [5, 5.41) is 9.92. The molecule has 0 bridgehead atoms. The second kappa shape index (κ2) is 10.2. The van der Waals surface area contributed by atoms with E-state index in [9.17, 15) is 13.2 Å². The van der Waals surface area contributed by atoms with Crippen molar-refractivity contribution < 1.29 is 13.2 Å². The summed E-state index contributed by atoms with van der Waals surface area (Å²) in [6, 6.07) is 16.4. The topological polar surface area (TPSA) is 89.3 Å². The number of sulfonamides is 1. The molecule has 0 saturated heterocycles. The van der Waals surface area contributed by atoms with Gasteiger partial charge in [0, 0.05) is 18.7 Å². The molecular formula is C19H22N2O3S2. The number of primary sulfonamides is 1. The molecule has 0 aromatic heterocycles. The fourth-order valence-corrected chi connectivity index (χ4v) is 3.40. The number of rotatable bonds is 9. The molecule has 0 aliphatic rings. The zero-order valence-corrected chi connectivity index (χ0v) is 15.9. The Balaban J connectivity index is 1.62. The Bertz CT molecular complexity index is 833. The Kier molecular flexibility index (Phi) is 7.90. The number of nitrogens with one attached hydrogen (secondary N) is 1. The van der Waals surface area contributed by atoms with E-state index >= 15 is 0 Å². The molecule has 0 fully saturated rings. The maximum absolute atomic E-state index is 11.8. The summed E-state index contributed by atoms with van der Waals surface area (Å²) in [6.45, 7) is 0.512. The van der Waals surface area contributed by atoms with Crippen LogP contribution in [0.25, 0.3) is 6.08 Å². The van der Waals surface area contributed by atoms with E-state index in [0.717, 1.165) is 16.9 Å². The molecule has 2 aromatic rings. The van der Waals surface area contributed by atoms with Gasteiger partial charge in [-0.2, -0.15) is 0 Å². The van der Waals surface area contributed by atoms with Crippen LogP contribution in [0.15, 0.2) is 64.9 Å². The van der Waals surface area contributed by atoms with Crippen LogP contribution in [-0.2, 0) is 21.2 Å². The number of benzene rings is 2. The van der Waals surface area contributed by atoms with Crippen LogP contribution in [-0.4, -0.2) is 26.6 Å². The SMILES string of the molecule is NS(=O)(=O)c1ccc(CCNC(=O)CCSC=Cc2ccccc2)cc1. The first-order chi connectivity index (χ1) is 12.4. The van der Waals surface area contributed by atoms with Crippen molar-refractivity contribution in [1.29, 1.82) is 0 Å². The third-order valence-electron chi connectivity index (χ3n) is 3.59.